The van der Waals surface area contributed by atoms with Gasteiger partial charge in [0, 0.05) is 0 Å². The summed E-state index contributed by atoms with van der Waals surface area (Å²) in [7, 11) is 0. The Morgan fingerprint density at radius 1 is 1.18 bits per heavy atom. The second kappa shape index (κ2) is 2.75. The fourth-order valence-electron chi connectivity index (χ4n) is 0.673. The smallest absolute Gasteiger partial charge is 0.219 e. The monoisotopic (exact) mass is 191 g/mol. The van der Waals surface area contributed by atoms with Crippen molar-refractivity contribution in [1.82, 2.24) is 0 Å². The van der Waals surface area contributed by atoms with E-state index in [0.29, 0.717) is 0 Å². The number of carbonyl (C=O) groups is 2. The van der Waals surface area contributed by atoms with Crippen LogP contribution in [0.1, 0.15) is 6.42 Å². The maximum atomic E-state index is 10.8. The lowest BCUT2D eigenvalue weighted by atomic mass is 10.0. The minimum atomic E-state index is -0.656. The summed E-state index contributed by atoms with van der Waals surface area (Å²) < 4.78 is 0. The van der Waals surface area contributed by atoms with Crippen molar-refractivity contribution >= 4 is 40.5 Å². The molecular formula is C6H3Cl2NO2. The van der Waals surface area contributed by atoms with Gasteiger partial charge in [-0.05, 0) is 0 Å². The Bertz CT molecular complexity index is 293. The number of Topliss-reactive ketones (excluding diaryl/α,β-unsaturated/α-hetero) is 2. The van der Waals surface area contributed by atoms with Crippen LogP contribution in [0.15, 0.2) is 10.1 Å². The van der Waals surface area contributed by atoms with E-state index in [1.165, 1.54) is 0 Å². The molecule has 58 valence electrons. The Balaban J connectivity index is 3.18. The molecule has 1 aliphatic rings. The molecule has 0 aromatic heterocycles. The number of ketones is 2. The summed E-state index contributed by atoms with van der Waals surface area (Å²) in [6, 6.07) is 0. The summed E-state index contributed by atoms with van der Waals surface area (Å²) in [5, 5.41) is 6.40. The molecule has 3 nitrogen and oxygen atoms in total. The lowest BCUT2D eigenvalue weighted by Crippen LogP contribution is -2.24. The molecule has 0 saturated heterocycles. The minimum absolute atomic E-state index is 0.242. The predicted molar refractivity (Wildman–Crippen MR) is 41.1 cm³/mol. The summed E-state index contributed by atoms with van der Waals surface area (Å²) in [5.74, 6) is -1.13. The van der Waals surface area contributed by atoms with Crippen molar-refractivity contribution in [3.63, 3.8) is 0 Å². The molecule has 0 atom stereocenters. The zero-order valence-electron chi connectivity index (χ0n) is 5.28. The molecule has 0 aromatic rings. The van der Waals surface area contributed by atoms with Gasteiger partial charge in [0.15, 0.2) is 5.78 Å². The van der Waals surface area contributed by atoms with Crippen molar-refractivity contribution < 1.29 is 9.59 Å². The zero-order chi connectivity index (χ0) is 8.59. The van der Waals surface area contributed by atoms with Crippen molar-refractivity contribution in [2.75, 3.05) is 0 Å². The van der Waals surface area contributed by atoms with Crippen LogP contribution >= 0.6 is 23.2 Å². The standard InChI is InChI=1S/C6H3Cl2NO2/c7-4-3(10)1-2(9)6(11)5(4)8/h9H,1H2. The molecule has 0 spiro atoms. The van der Waals surface area contributed by atoms with Crippen LogP contribution in [0.5, 0.6) is 0 Å². The maximum absolute atomic E-state index is 10.8. The third kappa shape index (κ3) is 1.34. The first-order chi connectivity index (χ1) is 5.04. The molecule has 0 radical (unpaired) electrons. The minimum Gasteiger partial charge on any atom is -0.301 e. The van der Waals surface area contributed by atoms with E-state index in [1.807, 2.05) is 0 Å². The Hall–Kier alpha value is -0.670. The molecule has 0 fully saturated rings. The number of hydrogen-bond donors (Lipinski definition) is 1. The van der Waals surface area contributed by atoms with E-state index in [0.717, 1.165) is 0 Å². The largest absolute Gasteiger partial charge is 0.301 e. The van der Waals surface area contributed by atoms with Crippen molar-refractivity contribution in [3.8, 4) is 0 Å². The van der Waals surface area contributed by atoms with Crippen molar-refractivity contribution in [2.45, 2.75) is 6.42 Å². The van der Waals surface area contributed by atoms with Crippen molar-refractivity contribution in [2.24, 2.45) is 0 Å². The van der Waals surface area contributed by atoms with Crippen molar-refractivity contribution in [3.05, 3.63) is 10.1 Å². The molecule has 0 unspecified atom stereocenters. The maximum Gasteiger partial charge on any atom is 0.219 e. The third-order valence-electron chi connectivity index (χ3n) is 1.25. The van der Waals surface area contributed by atoms with Gasteiger partial charge in [0.1, 0.15) is 10.1 Å². The number of carbonyl (C=O) groups excluding carboxylic acids is 2. The van der Waals surface area contributed by atoms with Crippen LogP contribution in [0.3, 0.4) is 0 Å². The summed E-state index contributed by atoms with van der Waals surface area (Å²) in [6.07, 6.45) is -0.242. The van der Waals surface area contributed by atoms with Crippen LogP contribution in [0, 0.1) is 5.41 Å². The van der Waals surface area contributed by atoms with E-state index < -0.39 is 11.6 Å². The van der Waals surface area contributed by atoms with Gasteiger partial charge in [0.2, 0.25) is 5.78 Å². The predicted octanol–water partition coefficient (Wildman–Crippen LogP) is 1.24. The van der Waals surface area contributed by atoms with E-state index in [1.54, 1.807) is 0 Å². The SMILES string of the molecule is N=C1CC(=O)C(Cl)=C(Cl)C1=O. The second-order valence-corrected chi connectivity index (χ2v) is 2.79. The Kier molecular flexibility index (Phi) is 2.11. The number of halogens is 2. The number of allylic oxidation sites excluding steroid dienone is 2. The number of rotatable bonds is 0. The van der Waals surface area contributed by atoms with Gasteiger partial charge in [0.05, 0.1) is 12.1 Å². The van der Waals surface area contributed by atoms with E-state index in [9.17, 15) is 9.59 Å². The molecule has 0 heterocycles. The molecular weight excluding hydrogens is 189 g/mol. The first kappa shape index (κ1) is 8.43. The first-order valence-electron chi connectivity index (χ1n) is 2.74. The number of nitrogens with one attached hydrogen (secondary N) is 1. The Morgan fingerprint density at radius 3 is 2.27 bits per heavy atom. The van der Waals surface area contributed by atoms with Gasteiger partial charge < -0.3 is 5.41 Å². The first-order valence-corrected chi connectivity index (χ1v) is 3.50. The molecule has 0 bridgehead atoms. The van der Waals surface area contributed by atoms with Crippen LogP contribution in [0.4, 0.5) is 0 Å². The Labute approximate surface area is 72.5 Å². The second-order valence-electron chi connectivity index (χ2n) is 2.04. The van der Waals surface area contributed by atoms with Crippen LogP contribution in [0.2, 0.25) is 0 Å². The summed E-state index contributed by atoms with van der Waals surface area (Å²) in [4.78, 5) is 21.6. The lowest BCUT2D eigenvalue weighted by Gasteiger charge is -2.08. The van der Waals surface area contributed by atoms with Gasteiger partial charge in [-0.2, -0.15) is 0 Å². The average molecular weight is 192 g/mol. The zero-order valence-corrected chi connectivity index (χ0v) is 6.79. The summed E-state index contributed by atoms with van der Waals surface area (Å²) >= 11 is 10.7. The Morgan fingerprint density at radius 2 is 1.73 bits per heavy atom. The van der Waals surface area contributed by atoms with Gasteiger partial charge in [0.25, 0.3) is 0 Å². The molecule has 1 rings (SSSR count). The highest BCUT2D eigenvalue weighted by Gasteiger charge is 2.28. The highest BCUT2D eigenvalue weighted by atomic mass is 35.5. The van der Waals surface area contributed by atoms with Crippen LogP contribution in [-0.2, 0) is 9.59 Å². The number of hydrogen-bond acceptors (Lipinski definition) is 3. The summed E-state index contributed by atoms with van der Waals surface area (Å²) in [6.45, 7) is 0. The molecule has 11 heavy (non-hydrogen) atoms. The molecule has 1 N–H and O–H groups in total. The van der Waals surface area contributed by atoms with Gasteiger partial charge in [-0.15, -0.1) is 0 Å². The van der Waals surface area contributed by atoms with Gasteiger partial charge in [-0.1, -0.05) is 23.2 Å². The van der Waals surface area contributed by atoms with E-state index in [-0.39, 0.29) is 22.2 Å². The topological polar surface area (TPSA) is 58.0 Å². The highest BCUT2D eigenvalue weighted by Crippen LogP contribution is 2.22. The summed E-state index contributed by atoms with van der Waals surface area (Å²) in [5.41, 5.74) is -0.301. The third-order valence-corrected chi connectivity index (χ3v) is 2.11. The molecule has 5 heteroatoms. The van der Waals surface area contributed by atoms with Crippen LogP contribution in [0.25, 0.3) is 0 Å². The van der Waals surface area contributed by atoms with E-state index in [4.69, 9.17) is 28.6 Å². The van der Waals surface area contributed by atoms with Gasteiger partial charge in [-0.25, -0.2) is 0 Å². The molecule has 0 aliphatic heterocycles. The fraction of sp³-hybridized carbons (Fsp3) is 0.167. The fourth-order valence-corrected chi connectivity index (χ4v) is 1.05. The quantitative estimate of drug-likeness (QED) is 0.627. The lowest BCUT2D eigenvalue weighted by molar-refractivity contribution is -0.116. The van der Waals surface area contributed by atoms with Gasteiger partial charge in [-0.3, -0.25) is 9.59 Å². The molecule has 0 saturated carbocycles. The molecule has 0 aromatic carbocycles. The van der Waals surface area contributed by atoms with Crippen LogP contribution in [-0.4, -0.2) is 17.3 Å². The molecule has 0 amide bonds. The highest BCUT2D eigenvalue weighted by molar-refractivity contribution is 6.67. The average Bonchev–Trinajstić information content (AvgIpc) is 1.97. The normalized spacial score (nSPS) is 19.6. The molecule has 1 aliphatic carbocycles. The van der Waals surface area contributed by atoms with Crippen LogP contribution < -0.4 is 0 Å². The van der Waals surface area contributed by atoms with E-state index in [2.05, 4.69) is 0 Å². The van der Waals surface area contributed by atoms with Crippen molar-refractivity contribution in [1.29, 1.82) is 5.41 Å². The van der Waals surface area contributed by atoms with Gasteiger partial charge >= 0.3 is 0 Å². The van der Waals surface area contributed by atoms with E-state index >= 15 is 0 Å².